The molecular formula is C20H16FN5O3. The van der Waals surface area contributed by atoms with E-state index in [0.717, 1.165) is 0 Å². The fourth-order valence-corrected chi connectivity index (χ4v) is 2.89. The SMILES string of the molecule is COc1cccc(NC(=O)Cn2cnc3c(cnn3-c3ccc(F)cc3)c2=O)c1. The zero-order valence-corrected chi connectivity index (χ0v) is 15.4. The fourth-order valence-electron chi connectivity index (χ4n) is 2.89. The number of carbonyl (C=O) groups is 1. The van der Waals surface area contributed by atoms with E-state index in [0.29, 0.717) is 22.8 Å². The number of fused-ring (bicyclic) bond motifs is 1. The molecule has 0 aliphatic heterocycles. The van der Waals surface area contributed by atoms with E-state index in [9.17, 15) is 14.0 Å². The molecule has 4 rings (SSSR count). The summed E-state index contributed by atoms with van der Waals surface area (Å²) >= 11 is 0. The molecular weight excluding hydrogens is 377 g/mol. The molecule has 146 valence electrons. The summed E-state index contributed by atoms with van der Waals surface area (Å²) in [5.74, 6) is -0.147. The van der Waals surface area contributed by atoms with Crippen LogP contribution in [0.4, 0.5) is 10.1 Å². The minimum atomic E-state index is -0.399. The number of hydrogen-bond acceptors (Lipinski definition) is 5. The highest BCUT2D eigenvalue weighted by Crippen LogP contribution is 2.17. The Morgan fingerprint density at radius 2 is 2.00 bits per heavy atom. The van der Waals surface area contributed by atoms with Gasteiger partial charge in [-0.25, -0.2) is 14.1 Å². The van der Waals surface area contributed by atoms with E-state index in [1.165, 1.54) is 53.1 Å². The van der Waals surface area contributed by atoms with Crippen molar-refractivity contribution in [1.29, 1.82) is 0 Å². The third-order valence-corrected chi connectivity index (χ3v) is 4.29. The average Bonchev–Trinajstić information content (AvgIpc) is 3.15. The Bertz CT molecular complexity index is 1250. The third-order valence-electron chi connectivity index (χ3n) is 4.29. The summed E-state index contributed by atoms with van der Waals surface area (Å²) in [6.45, 7) is -0.208. The molecule has 9 heteroatoms. The Labute approximate surface area is 164 Å². The van der Waals surface area contributed by atoms with Gasteiger partial charge in [0.15, 0.2) is 5.65 Å². The Morgan fingerprint density at radius 3 is 2.76 bits per heavy atom. The number of benzene rings is 2. The molecule has 0 aliphatic rings. The minimum Gasteiger partial charge on any atom is -0.497 e. The highest BCUT2D eigenvalue weighted by Gasteiger charge is 2.13. The molecule has 2 heterocycles. The number of nitrogens with zero attached hydrogens (tertiary/aromatic N) is 4. The van der Waals surface area contributed by atoms with E-state index in [4.69, 9.17) is 4.74 Å². The zero-order chi connectivity index (χ0) is 20.4. The van der Waals surface area contributed by atoms with Crippen LogP contribution in [0.2, 0.25) is 0 Å². The highest BCUT2D eigenvalue weighted by molar-refractivity contribution is 5.90. The number of rotatable bonds is 5. The number of carbonyl (C=O) groups excluding carboxylic acids is 1. The molecule has 0 saturated carbocycles. The van der Waals surface area contributed by atoms with Gasteiger partial charge in [-0.3, -0.25) is 14.2 Å². The lowest BCUT2D eigenvalue weighted by molar-refractivity contribution is -0.116. The maximum absolute atomic E-state index is 13.1. The second-order valence-corrected chi connectivity index (χ2v) is 6.23. The van der Waals surface area contributed by atoms with E-state index in [2.05, 4.69) is 15.4 Å². The van der Waals surface area contributed by atoms with Crippen LogP contribution in [-0.4, -0.2) is 32.3 Å². The average molecular weight is 393 g/mol. The van der Waals surface area contributed by atoms with Gasteiger partial charge in [0.2, 0.25) is 5.91 Å². The van der Waals surface area contributed by atoms with Crippen molar-refractivity contribution >= 4 is 22.6 Å². The van der Waals surface area contributed by atoms with Gasteiger partial charge in [-0.2, -0.15) is 5.10 Å². The molecule has 2 aromatic carbocycles. The normalized spacial score (nSPS) is 10.8. The van der Waals surface area contributed by atoms with Gasteiger partial charge < -0.3 is 10.1 Å². The van der Waals surface area contributed by atoms with Crippen molar-refractivity contribution < 1.29 is 13.9 Å². The van der Waals surface area contributed by atoms with Crippen molar-refractivity contribution in [3.05, 3.63) is 77.2 Å². The van der Waals surface area contributed by atoms with E-state index in [1.807, 2.05) is 0 Å². The lowest BCUT2D eigenvalue weighted by Crippen LogP contribution is -2.27. The van der Waals surface area contributed by atoms with Crippen LogP contribution < -0.4 is 15.6 Å². The van der Waals surface area contributed by atoms with E-state index in [1.54, 1.807) is 24.3 Å². The number of methoxy groups -OCH3 is 1. The predicted molar refractivity (Wildman–Crippen MR) is 105 cm³/mol. The van der Waals surface area contributed by atoms with Gasteiger partial charge in [-0.1, -0.05) is 6.07 Å². The van der Waals surface area contributed by atoms with Gasteiger partial charge in [0, 0.05) is 11.8 Å². The standard InChI is InChI=1S/C20H16FN5O3/c1-29-16-4-2-3-14(9-16)24-18(27)11-25-12-22-19-17(20(25)28)10-23-26(19)15-7-5-13(21)6-8-15/h2-10,12H,11H2,1H3,(H,24,27). The number of hydrogen-bond donors (Lipinski definition) is 1. The topological polar surface area (TPSA) is 91.0 Å². The van der Waals surface area contributed by atoms with Crippen molar-refractivity contribution in [3.63, 3.8) is 0 Å². The van der Waals surface area contributed by atoms with Crippen LogP contribution in [0.3, 0.4) is 0 Å². The van der Waals surface area contributed by atoms with Gasteiger partial charge in [0.1, 0.15) is 29.8 Å². The van der Waals surface area contributed by atoms with E-state index < -0.39 is 5.56 Å². The molecule has 0 aliphatic carbocycles. The van der Waals surface area contributed by atoms with Crippen molar-refractivity contribution in [2.24, 2.45) is 0 Å². The molecule has 1 N–H and O–H groups in total. The molecule has 0 bridgehead atoms. The first-order valence-electron chi connectivity index (χ1n) is 8.68. The van der Waals surface area contributed by atoms with Gasteiger partial charge >= 0.3 is 0 Å². The summed E-state index contributed by atoms with van der Waals surface area (Å²) in [4.78, 5) is 29.3. The third kappa shape index (κ3) is 3.70. The smallest absolute Gasteiger partial charge is 0.264 e. The second-order valence-electron chi connectivity index (χ2n) is 6.23. The van der Waals surface area contributed by atoms with Gasteiger partial charge in [0.05, 0.1) is 19.0 Å². The summed E-state index contributed by atoms with van der Waals surface area (Å²) in [6, 6.07) is 12.6. The van der Waals surface area contributed by atoms with Crippen LogP contribution in [0.25, 0.3) is 16.7 Å². The molecule has 0 radical (unpaired) electrons. The molecule has 29 heavy (non-hydrogen) atoms. The first kappa shape index (κ1) is 18.4. The Hall–Kier alpha value is -4.01. The Balaban J connectivity index is 1.58. The number of halogens is 1. The monoisotopic (exact) mass is 393 g/mol. The largest absolute Gasteiger partial charge is 0.497 e. The van der Waals surface area contributed by atoms with E-state index >= 15 is 0 Å². The molecule has 1 amide bonds. The molecule has 0 fully saturated rings. The number of anilines is 1. The number of ether oxygens (including phenoxy) is 1. The molecule has 4 aromatic rings. The van der Waals surface area contributed by atoms with Gasteiger partial charge in [-0.15, -0.1) is 0 Å². The van der Waals surface area contributed by atoms with Crippen LogP contribution in [-0.2, 0) is 11.3 Å². The number of amides is 1. The Morgan fingerprint density at radius 1 is 1.21 bits per heavy atom. The number of aromatic nitrogens is 4. The summed E-state index contributed by atoms with van der Waals surface area (Å²) in [5, 5.41) is 7.14. The summed E-state index contributed by atoms with van der Waals surface area (Å²) in [6.07, 6.45) is 2.67. The van der Waals surface area contributed by atoms with Crippen molar-refractivity contribution in [2.75, 3.05) is 12.4 Å². The molecule has 0 spiro atoms. The maximum Gasteiger partial charge on any atom is 0.264 e. The lowest BCUT2D eigenvalue weighted by atomic mass is 10.3. The highest BCUT2D eigenvalue weighted by atomic mass is 19.1. The van der Waals surface area contributed by atoms with Gasteiger partial charge in [0.25, 0.3) is 5.56 Å². The Kier molecular flexibility index (Phi) is 4.78. The van der Waals surface area contributed by atoms with Crippen LogP contribution in [0.15, 0.2) is 65.8 Å². The molecule has 0 unspecified atom stereocenters. The van der Waals surface area contributed by atoms with Crippen LogP contribution >= 0.6 is 0 Å². The first-order chi connectivity index (χ1) is 14.0. The molecule has 0 atom stereocenters. The maximum atomic E-state index is 13.1. The summed E-state index contributed by atoms with van der Waals surface area (Å²) < 4.78 is 20.9. The summed E-state index contributed by atoms with van der Waals surface area (Å²) in [5.41, 5.74) is 1.05. The second kappa shape index (κ2) is 7.55. The van der Waals surface area contributed by atoms with E-state index in [-0.39, 0.29) is 23.7 Å². The predicted octanol–water partition coefficient (Wildman–Crippen LogP) is 2.37. The lowest BCUT2D eigenvalue weighted by Gasteiger charge is -2.09. The van der Waals surface area contributed by atoms with Crippen LogP contribution in [0.1, 0.15) is 0 Å². The number of nitrogens with one attached hydrogen (secondary N) is 1. The fraction of sp³-hybridized carbons (Fsp3) is 0.100. The molecule has 0 saturated heterocycles. The minimum absolute atomic E-state index is 0.208. The van der Waals surface area contributed by atoms with Crippen molar-refractivity contribution in [2.45, 2.75) is 6.54 Å². The molecule has 8 nitrogen and oxygen atoms in total. The van der Waals surface area contributed by atoms with Crippen LogP contribution in [0, 0.1) is 5.82 Å². The molecule has 2 aromatic heterocycles. The zero-order valence-electron chi connectivity index (χ0n) is 15.4. The van der Waals surface area contributed by atoms with Crippen molar-refractivity contribution in [3.8, 4) is 11.4 Å². The van der Waals surface area contributed by atoms with Gasteiger partial charge in [-0.05, 0) is 36.4 Å². The van der Waals surface area contributed by atoms with Crippen LogP contribution in [0.5, 0.6) is 5.75 Å². The summed E-state index contributed by atoms with van der Waals surface area (Å²) in [7, 11) is 1.54. The quantitative estimate of drug-likeness (QED) is 0.562. The first-order valence-corrected chi connectivity index (χ1v) is 8.68. The van der Waals surface area contributed by atoms with Crippen molar-refractivity contribution in [1.82, 2.24) is 19.3 Å².